The molecule has 0 aliphatic carbocycles. The summed E-state index contributed by atoms with van der Waals surface area (Å²) in [4.78, 5) is 28.7. The van der Waals surface area contributed by atoms with E-state index in [4.69, 9.17) is 4.74 Å². The molecule has 0 fully saturated rings. The molecule has 0 radical (unpaired) electrons. The van der Waals surface area contributed by atoms with Gasteiger partial charge in [-0.05, 0) is 67.4 Å². The van der Waals surface area contributed by atoms with Crippen molar-refractivity contribution in [2.75, 3.05) is 7.11 Å². The summed E-state index contributed by atoms with van der Waals surface area (Å²) in [6.45, 7) is 4.06. The van der Waals surface area contributed by atoms with Crippen molar-refractivity contribution in [1.82, 2.24) is 8.87 Å². The Morgan fingerprint density at radius 2 is 1.70 bits per heavy atom. The fourth-order valence-electron chi connectivity index (χ4n) is 5.47. The molecule has 1 amide bonds. The molecule has 0 N–H and O–H groups in total. The van der Waals surface area contributed by atoms with Gasteiger partial charge in [0.15, 0.2) is 0 Å². The maximum Gasteiger partial charge on any atom is 0.340 e. The summed E-state index contributed by atoms with van der Waals surface area (Å²) >= 11 is 0. The predicted octanol–water partition coefficient (Wildman–Crippen LogP) is 5.73. The lowest BCUT2D eigenvalue weighted by molar-refractivity contribution is 0.0602. The number of nitrogens with zero attached hydrogens (tertiary/aromatic N) is 2. The highest BCUT2D eigenvalue weighted by Gasteiger charge is 2.36. The lowest BCUT2D eigenvalue weighted by Gasteiger charge is -2.15. The normalized spacial score (nSPS) is 13.3. The average Bonchev–Trinajstić information content (AvgIpc) is 3.42. The van der Waals surface area contributed by atoms with E-state index in [-0.39, 0.29) is 35.0 Å². The average molecular weight is 557 g/mol. The van der Waals surface area contributed by atoms with E-state index in [0.717, 1.165) is 15.1 Å². The van der Waals surface area contributed by atoms with Crippen LogP contribution in [0.15, 0.2) is 77.7 Å². The minimum atomic E-state index is -4.20. The molecule has 5 aromatic rings. The summed E-state index contributed by atoms with van der Waals surface area (Å²) in [5.41, 5.74) is 3.75. The van der Waals surface area contributed by atoms with Crippen molar-refractivity contribution < 1.29 is 27.1 Å². The van der Waals surface area contributed by atoms with Gasteiger partial charge in [-0.3, -0.25) is 4.79 Å². The third kappa shape index (κ3) is 3.96. The highest BCUT2D eigenvalue weighted by molar-refractivity contribution is 7.90. The van der Waals surface area contributed by atoms with E-state index < -0.39 is 21.8 Å². The number of benzene rings is 4. The van der Waals surface area contributed by atoms with E-state index in [2.05, 4.69) is 0 Å². The van der Waals surface area contributed by atoms with Crippen molar-refractivity contribution in [2.24, 2.45) is 0 Å². The Kier molecular flexibility index (Phi) is 5.99. The number of hydrogen-bond acceptors (Lipinski definition) is 5. The summed E-state index contributed by atoms with van der Waals surface area (Å²) < 4.78 is 48.5. The highest BCUT2D eigenvalue weighted by atomic mass is 32.2. The van der Waals surface area contributed by atoms with E-state index in [0.29, 0.717) is 33.0 Å². The van der Waals surface area contributed by atoms with Gasteiger partial charge in [-0.25, -0.2) is 21.6 Å². The Balaban J connectivity index is 1.67. The Morgan fingerprint density at radius 1 is 0.975 bits per heavy atom. The Bertz CT molecular complexity index is 1980. The zero-order valence-electron chi connectivity index (χ0n) is 22.1. The van der Waals surface area contributed by atoms with Gasteiger partial charge in [-0.2, -0.15) is 0 Å². The van der Waals surface area contributed by atoms with Crippen molar-refractivity contribution >= 4 is 43.7 Å². The summed E-state index contributed by atoms with van der Waals surface area (Å²) in [6, 6.07) is 19.3. The quantitative estimate of drug-likeness (QED) is 0.258. The number of carbonyl (C=O) groups is 2. The van der Waals surface area contributed by atoms with Gasteiger partial charge in [0.2, 0.25) is 0 Å². The number of rotatable bonds is 5. The minimum absolute atomic E-state index is 0.0428. The number of esters is 1. The number of ether oxygens (including phenoxy) is 1. The molecular formula is C31H25FN2O5S. The Morgan fingerprint density at radius 3 is 2.40 bits per heavy atom. The van der Waals surface area contributed by atoms with Gasteiger partial charge < -0.3 is 9.64 Å². The number of aryl methyl sites for hydroxylation is 2. The second-order valence-corrected chi connectivity index (χ2v) is 11.9. The van der Waals surface area contributed by atoms with Crippen molar-refractivity contribution in [2.45, 2.75) is 31.8 Å². The first kappa shape index (κ1) is 25.8. The number of hydrogen-bond donors (Lipinski definition) is 0. The van der Waals surface area contributed by atoms with Crippen LogP contribution in [0.25, 0.3) is 21.8 Å². The first-order valence-electron chi connectivity index (χ1n) is 12.6. The summed E-state index contributed by atoms with van der Waals surface area (Å²) in [5, 5.41) is 0.910. The zero-order chi connectivity index (χ0) is 28.3. The van der Waals surface area contributed by atoms with Gasteiger partial charge in [0, 0.05) is 23.9 Å². The fraction of sp³-hybridized carbons (Fsp3) is 0.161. The van der Waals surface area contributed by atoms with Crippen LogP contribution in [0.1, 0.15) is 43.0 Å². The molecule has 0 unspecified atom stereocenters. The van der Waals surface area contributed by atoms with Crippen molar-refractivity contribution in [3.63, 3.8) is 0 Å². The Labute approximate surface area is 230 Å². The molecule has 6 rings (SSSR count). The summed E-state index contributed by atoms with van der Waals surface area (Å²) in [6.07, 6.45) is 0. The van der Waals surface area contributed by atoms with Crippen LogP contribution in [-0.4, -0.2) is 36.3 Å². The SMILES string of the molecule is COC(=O)c1cc2c(c3c4cc(C)ccc4n(S(=O)(=O)c4ccc(C)cc4)c13)C(=O)N(Cc1cccc(F)c1)C2. The van der Waals surface area contributed by atoms with Crippen LogP contribution in [0.2, 0.25) is 0 Å². The molecule has 1 aliphatic rings. The number of aromatic nitrogens is 1. The van der Waals surface area contributed by atoms with Crippen LogP contribution in [0.5, 0.6) is 0 Å². The number of fused-ring (bicyclic) bond motifs is 5. The van der Waals surface area contributed by atoms with Crippen LogP contribution in [0.4, 0.5) is 4.39 Å². The molecule has 0 atom stereocenters. The van der Waals surface area contributed by atoms with E-state index in [1.54, 1.807) is 47.4 Å². The lowest BCUT2D eigenvalue weighted by atomic mass is 9.98. The number of amides is 1. The highest BCUT2D eigenvalue weighted by Crippen LogP contribution is 2.42. The molecule has 2 heterocycles. The van der Waals surface area contributed by atoms with Crippen molar-refractivity contribution in [3.8, 4) is 0 Å². The molecule has 1 aliphatic heterocycles. The molecule has 0 saturated carbocycles. The third-order valence-electron chi connectivity index (χ3n) is 7.31. The van der Waals surface area contributed by atoms with Gasteiger partial charge in [0.25, 0.3) is 15.9 Å². The number of carbonyl (C=O) groups excluding carboxylic acids is 2. The maximum atomic E-state index is 14.2. The Hall–Kier alpha value is -4.50. The number of halogens is 1. The molecule has 7 nitrogen and oxygen atoms in total. The third-order valence-corrected chi connectivity index (χ3v) is 9.04. The second-order valence-electron chi connectivity index (χ2n) is 10.1. The van der Waals surface area contributed by atoms with E-state index in [1.165, 1.54) is 31.4 Å². The maximum absolute atomic E-state index is 14.2. The smallest absolute Gasteiger partial charge is 0.340 e. The monoisotopic (exact) mass is 556 g/mol. The van der Waals surface area contributed by atoms with Crippen LogP contribution in [0, 0.1) is 19.7 Å². The van der Waals surface area contributed by atoms with Crippen LogP contribution in [-0.2, 0) is 27.8 Å². The molecule has 9 heteroatoms. The molecule has 40 heavy (non-hydrogen) atoms. The summed E-state index contributed by atoms with van der Waals surface area (Å²) in [7, 11) is -2.97. The van der Waals surface area contributed by atoms with Gasteiger partial charge in [0.05, 0.1) is 34.2 Å². The molecule has 0 saturated heterocycles. The van der Waals surface area contributed by atoms with E-state index in [9.17, 15) is 22.4 Å². The largest absolute Gasteiger partial charge is 0.465 e. The van der Waals surface area contributed by atoms with Crippen LogP contribution >= 0.6 is 0 Å². The first-order chi connectivity index (χ1) is 19.1. The van der Waals surface area contributed by atoms with Gasteiger partial charge in [-0.15, -0.1) is 0 Å². The predicted molar refractivity (Wildman–Crippen MR) is 149 cm³/mol. The molecule has 1 aromatic heterocycles. The van der Waals surface area contributed by atoms with E-state index in [1.807, 2.05) is 19.9 Å². The topological polar surface area (TPSA) is 85.7 Å². The second kappa shape index (κ2) is 9.31. The molecule has 0 spiro atoms. The number of methoxy groups -OCH3 is 1. The lowest BCUT2D eigenvalue weighted by Crippen LogP contribution is -2.23. The molecule has 202 valence electrons. The van der Waals surface area contributed by atoms with Gasteiger partial charge in [0.1, 0.15) is 5.82 Å². The summed E-state index contributed by atoms with van der Waals surface area (Å²) in [5.74, 6) is -1.45. The van der Waals surface area contributed by atoms with Gasteiger partial charge >= 0.3 is 5.97 Å². The van der Waals surface area contributed by atoms with Crippen molar-refractivity contribution in [3.05, 3.63) is 112 Å². The standard InChI is InChI=1S/C31H25FN2O5S/c1-18-7-10-23(11-8-18)40(37,38)34-26-12-9-19(2)13-24(26)28-27-21(15-25(29(28)34)31(36)39-3)17-33(30(27)35)16-20-5-4-6-22(32)14-20/h4-15H,16-17H2,1-3H3. The molecule has 4 aromatic carbocycles. The van der Waals surface area contributed by atoms with E-state index >= 15 is 0 Å². The first-order valence-corrected chi connectivity index (χ1v) is 14.1. The molecular weight excluding hydrogens is 531 g/mol. The fourth-order valence-corrected chi connectivity index (χ4v) is 7.01. The van der Waals surface area contributed by atoms with Gasteiger partial charge in [-0.1, -0.05) is 41.5 Å². The van der Waals surface area contributed by atoms with Crippen LogP contribution in [0.3, 0.4) is 0 Å². The van der Waals surface area contributed by atoms with Crippen LogP contribution < -0.4 is 0 Å². The van der Waals surface area contributed by atoms with Crippen molar-refractivity contribution in [1.29, 1.82) is 0 Å². The minimum Gasteiger partial charge on any atom is -0.465 e. The zero-order valence-corrected chi connectivity index (χ0v) is 22.9. The molecule has 0 bridgehead atoms.